The topological polar surface area (TPSA) is 62.5 Å². The molecule has 0 amide bonds. The van der Waals surface area contributed by atoms with Crippen molar-refractivity contribution in [3.63, 3.8) is 0 Å². The summed E-state index contributed by atoms with van der Waals surface area (Å²) in [6, 6.07) is 1.91. The fourth-order valence-corrected chi connectivity index (χ4v) is 1.88. The molecule has 1 aromatic heterocycles. The average Bonchev–Trinajstić information content (AvgIpc) is 2.76. The number of aromatic carboxylic acids is 1. The lowest BCUT2D eigenvalue weighted by Gasteiger charge is -2.18. The van der Waals surface area contributed by atoms with Gasteiger partial charge in [-0.2, -0.15) is 0 Å². The van der Waals surface area contributed by atoms with E-state index in [1.54, 1.807) is 0 Å². The van der Waals surface area contributed by atoms with E-state index in [2.05, 4.69) is 17.5 Å². The number of rotatable bonds is 4. The predicted molar refractivity (Wildman–Crippen MR) is 59.3 cm³/mol. The van der Waals surface area contributed by atoms with Crippen molar-refractivity contribution in [3.8, 4) is 0 Å². The molecule has 0 saturated heterocycles. The van der Waals surface area contributed by atoms with Gasteiger partial charge in [0.25, 0.3) is 0 Å². The monoisotopic (exact) mass is 221 g/mol. The number of allylic oxidation sites excluding steroid dienone is 1. The fraction of sp³-hybridized carbons (Fsp3) is 0.417. The summed E-state index contributed by atoms with van der Waals surface area (Å²) in [5.41, 5.74) is 0.249. The lowest BCUT2D eigenvalue weighted by molar-refractivity contribution is 0.0694. The van der Waals surface area contributed by atoms with Crippen molar-refractivity contribution >= 4 is 5.97 Å². The smallest absolute Gasteiger partial charge is 0.339 e. The lowest BCUT2D eigenvalue weighted by atomic mass is 10.0. The summed E-state index contributed by atoms with van der Waals surface area (Å²) in [7, 11) is 0. The van der Waals surface area contributed by atoms with Crippen molar-refractivity contribution in [1.82, 2.24) is 5.32 Å². The van der Waals surface area contributed by atoms with Gasteiger partial charge in [-0.25, -0.2) is 4.79 Å². The van der Waals surface area contributed by atoms with E-state index in [1.165, 1.54) is 12.3 Å². The number of carbonyl (C=O) groups is 1. The number of carboxylic acid groups (broad SMARTS) is 1. The van der Waals surface area contributed by atoms with E-state index in [-0.39, 0.29) is 5.56 Å². The number of hydrogen-bond acceptors (Lipinski definition) is 3. The molecule has 86 valence electrons. The van der Waals surface area contributed by atoms with Crippen molar-refractivity contribution in [3.05, 3.63) is 35.8 Å². The molecular weight excluding hydrogens is 206 g/mol. The molecule has 16 heavy (non-hydrogen) atoms. The van der Waals surface area contributed by atoms with Crippen molar-refractivity contribution < 1.29 is 14.3 Å². The highest BCUT2D eigenvalue weighted by Crippen LogP contribution is 2.14. The Balaban J connectivity index is 1.91. The van der Waals surface area contributed by atoms with Crippen molar-refractivity contribution in [2.24, 2.45) is 0 Å². The Kier molecular flexibility index (Phi) is 3.41. The maximum absolute atomic E-state index is 10.8. The predicted octanol–water partition coefficient (Wildman–Crippen LogP) is 2.18. The number of hydrogen-bond donors (Lipinski definition) is 2. The van der Waals surface area contributed by atoms with Gasteiger partial charge >= 0.3 is 5.97 Å². The molecule has 2 N–H and O–H groups in total. The molecule has 4 heteroatoms. The van der Waals surface area contributed by atoms with Gasteiger partial charge in [-0.3, -0.25) is 0 Å². The van der Waals surface area contributed by atoms with Gasteiger partial charge in [-0.05, 0) is 25.3 Å². The molecule has 1 unspecified atom stereocenters. The van der Waals surface area contributed by atoms with Gasteiger partial charge in [0, 0.05) is 6.04 Å². The molecule has 0 fully saturated rings. The Morgan fingerprint density at radius 3 is 3.12 bits per heavy atom. The number of nitrogens with one attached hydrogen (secondary N) is 1. The maximum Gasteiger partial charge on any atom is 0.339 e. The van der Waals surface area contributed by atoms with Gasteiger partial charge in [-0.15, -0.1) is 0 Å². The lowest BCUT2D eigenvalue weighted by Crippen LogP contribution is -2.29. The van der Waals surface area contributed by atoms with Gasteiger partial charge in [0.05, 0.1) is 12.8 Å². The quantitative estimate of drug-likeness (QED) is 0.765. The van der Waals surface area contributed by atoms with E-state index in [4.69, 9.17) is 9.52 Å². The van der Waals surface area contributed by atoms with Crippen LogP contribution >= 0.6 is 0 Å². The molecule has 0 spiro atoms. The normalized spacial score (nSPS) is 19.9. The van der Waals surface area contributed by atoms with Crippen LogP contribution in [0.1, 0.15) is 35.4 Å². The highest BCUT2D eigenvalue weighted by atomic mass is 16.4. The van der Waals surface area contributed by atoms with E-state index < -0.39 is 5.97 Å². The van der Waals surface area contributed by atoms with Crippen LogP contribution in [-0.4, -0.2) is 17.1 Å². The Morgan fingerprint density at radius 1 is 1.56 bits per heavy atom. The molecule has 0 aromatic carbocycles. The van der Waals surface area contributed by atoms with Crippen LogP contribution in [0.2, 0.25) is 0 Å². The third-order valence-corrected chi connectivity index (χ3v) is 2.80. The molecule has 0 bridgehead atoms. The first-order valence-corrected chi connectivity index (χ1v) is 5.45. The highest BCUT2D eigenvalue weighted by molar-refractivity contribution is 5.88. The first-order valence-electron chi connectivity index (χ1n) is 5.45. The van der Waals surface area contributed by atoms with Crippen LogP contribution < -0.4 is 5.32 Å². The van der Waals surface area contributed by atoms with Gasteiger partial charge in [-0.1, -0.05) is 12.2 Å². The second-order valence-electron chi connectivity index (χ2n) is 3.92. The van der Waals surface area contributed by atoms with E-state index in [1.807, 2.05) is 0 Å². The average molecular weight is 221 g/mol. The SMILES string of the molecule is O=C(O)c1ccoc1CNC1CC=CCC1. The maximum atomic E-state index is 10.8. The molecule has 2 rings (SSSR count). The first kappa shape index (κ1) is 11.0. The molecule has 1 aliphatic rings. The van der Waals surface area contributed by atoms with E-state index >= 15 is 0 Å². The third kappa shape index (κ3) is 2.52. The second-order valence-corrected chi connectivity index (χ2v) is 3.92. The third-order valence-electron chi connectivity index (χ3n) is 2.80. The van der Waals surface area contributed by atoms with Crippen LogP contribution in [0.25, 0.3) is 0 Å². The molecule has 0 aliphatic heterocycles. The molecular formula is C12H15NO3. The Hall–Kier alpha value is -1.55. The minimum atomic E-state index is -0.936. The Morgan fingerprint density at radius 2 is 2.44 bits per heavy atom. The van der Waals surface area contributed by atoms with Crippen LogP contribution in [0.4, 0.5) is 0 Å². The zero-order valence-corrected chi connectivity index (χ0v) is 8.98. The van der Waals surface area contributed by atoms with E-state index in [0.29, 0.717) is 18.3 Å². The van der Waals surface area contributed by atoms with Crippen LogP contribution in [-0.2, 0) is 6.54 Å². The van der Waals surface area contributed by atoms with Crippen LogP contribution in [0, 0.1) is 0 Å². The number of furan rings is 1. The molecule has 0 radical (unpaired) electrons. The largest absolute Gasteiger partial charge is 0.478 e. The van der Waals surface area contributed by atoms with Gasteiger partial charge in [0.1, 0.15) is 11.3 Å². The minimum absolute atomic E-state index is 0.249. The molecule has 0 saturated carbocycles. The zero-order valence-electron chi connectivity index (χ0n) is 8.98. The van der Waals surface area contributed by atoms with Gasteiger partial charge in [0.15, 0.2) is 0 Å². The van der Waals surface area contributed by atoms with Gasteiger partial charge < -0.3 is 14.8 Å². The van der Waals surface area contributed by atoms with Crippen molar-refractivity contribution in [1.29, 1.82) is 0 Å². The summed E-state index contributed by atoms with van der Waals surface area (Å²) in [6.07, 6.45) is 8.93. The highest BCUT2D eigenvalue weighted by Gasteiger charge is 2.15. The standard InChI is InChI=1S/C12H15NO3/c14-12(15)10-6-7-16-11(10)8-13-9-4-2-1-3-5-9/h1-2,6-7,9,13H,3-5,8H2,(H,14,15). The number of carboxylic acids is 1. The van der Waals surface area contributed by atoms with E-state index in [9.17, 15) is 4.79 Å². The molecule has 1 aromatic rings. The first-order chi connectivity index (χ1) is 7.77. The molecule has 1 aliphatic carbocycles. The second kappa shape index (κ2) is 4.99. The van der Waals surface area contributed by atoms with E-state index in [0.717, 1.165) is 19.3 Å². The van der Waals surface area contributed by atoms with Crippen LogP contribution in [0.5, 0.6) is 0 Å². The Bertz CT molecular complexity index is 395. The van der Waals surface area contributed by atoms with Gasteiger partial charge in [0.2, 0.25) is 0 Å². The van der Waals surface area contributed by atoms with Crippen LogP contribution in [0.3, 0.4) is 0 Å². The summed E-state index contributed by atoms with van der Waals surface area (Å²) in [5, 5.41) is 12.2. The summed E-state index contributed by atoms with van der Waals surface area (Å²) >= 11 is 0. The zero-order chi connectivity index (χ0) is 11.4. The summed E-state index contributed by atoms with van der Waals surface area (Å²) < 4.78 is 5.16. The fourth-order valence-electron chi connectivity index (χ4n) is 1.88. The summed E-state index contributed by atoms with van der Waals surface area (Å²) in [5.74, 6) is -0.434. The van der Waals surface area contributed by atoms with Crippen LogP contribution in [0.15, 0.2) is 28.9 Å². The van der Waals surface area contributed by atoms with Crippen molar-refractivity contribution in [2.75, 3.05) is 0 Å². The Labute approximate surface area is 94.0 Å². The van der Waals surface area contributed by atoms with Crippen molar-refractivity contribution in [2.45, 2.75) is 31.8 Å². The molecule has 4 nitrogen and oxygen atoms in total. The minimum Gasteiger partial charge on any atom is -0.478 e. The molecule has 1 heterocycles. The molecule has 1 atom stereocenters. The summed E-state index contributed by atoms with van der Waals surface area (Å²) in [4.78, 5) is 10.8. The summed E-state index contributed by atoms with van der Waals surface area (Å²) in [6.45, 7) is 0.479.